The molecule has 0 fully saturated rings. The third-order valence-electron chi connectivity index (χ3n) is 2.19. The minimum Gasteiger partial charge on any atom is -0.496 e. The van der Waals surface area contributed by atoms with Crippen LogP contribution in [0.5, 0.6) is 5.75 Å². The molecule has 3 heteroatoms. The van der Waals surface area contributed by atoms with Gasteiger partial charge in [-0.05, 0) is 25.1 Å². The van der Waals surface area contributed by atoms with E-state index in [2.05, 4.69) is 9.97 Å². The molecule has 0 unspecified atom stereocenters. The van der Waals surface area contributed by atoms with Crippen LogP contribution in [0.4, 0.5) is 0 Å². The highest BCUT2D eigenvalue weighted by molar-refractivity contribution is 5.66. The standard InChI is InChI=1S/C12H12N2O/c1-9-7-11(14-8-13-9)10-5-3-4-6-12(10)15-2/h3-8H,1-2H3. The van der Waals surface area contributed by atoms with Crippen molar-refractivity contribution in [3.05, 3.63) is 42.4 Å². The molecule has 0 spiro atoms. The molecule has 0 aliphatic heterocycles. The molecule has 76 valence electrons. The lowest BCUT2D eigenvalue weighted by molar-refractivity contribution is 0.416. The maximum absolute atomic E-state index is 5.28. The number of aromatic nitrogens is 2. The van der Waals surface area contributed by atoms with Gasteiger partial charge in [0.25, 0.3) is 0 Å². The third-order valence-corrected chi connectivity index (χ3v) is 2.19. The van der Waals surface area contributed by atoms with Crippen molar-refractivity contribution in [1.82, 2.24) is 9.97 Å². The fraction of sp³-hybridized carbons (Fsp3) is 0.167. The molecule has 15 heavy (non-hydrogen) atoms. The van der Waals surface area contributed by atoms with Gasteiger partial charge in [-0.15, -0.1) is 0 Å². The lowest BCUT2D eigenvalue weighted by atomic mass is 10.1. The van der Waals surface area contributed by atoms with Crippen molar-refractivity contribution in [1.29, 1.82) is 0 Å². The lowest BCUT2D eigenvalue weighted by Gasteiger charge is -2.07. The Hall–Kier alpha value is -1.90. The van der Waals surface area contributed by atoms with Gasteiger partial charge in [0.05, 0.1) is 12.8 Å². The van der Waals surface area contributed by atoms with Crippen LogP contribution >= 0.6 is 0 Å². The van der Waals surface area contributed by atoms with Crippen LogP contribution in [-0.2, 0) is 0 Å². The van der Waals surface area contributed by atoms with E-state index in [-0.39, 0.29) is 0 Å². The van der Waals surface area contributed by atoms with E-state index in [1.807, 2.05) is 37.3 Å². The molecule has 0 saturated carbocycles. The molecule has 0 atom stereocenters. The Morgan fingerprint density at radius 1 is 1.13 bits per heavy atom. The van der Waals surface area contributed by atoms with Gasteiger partial charge in [0.15, 0.2) is 0 Å². The zero-order valence-corrected chi connectivity index (χ0v) is 8.77. The third kappa shape index (κ3) is 1.96. The van der Waals surface area contributed by atoms with Crippen LogP contribution in [0.15, 0.2) is 36.7 Å². The van der Waals surface area contributed by atoms with Crippen molar-refractivity contribution < 1.29 is 4.74 Å². The Labute approximate surface area is 88.8 Å². The van der Waals surface area contributed by atoms with Crippen molar-refractivity contribution in [2.45, 2.75) is 6.92 Å². The molecule has 0 aliphatic rings. The zero-order valence-electron chi connectivity index (χ0n) is 8.77. The average molecular weight is 200 g/mol. The molecule has 0 bridgehead atoms. The Morgan fingerprint density at radius 2 is 1.93 bits per heavy atom. The van der Waals surface area contributed by atoms with Gasteiger partial charge in [-0.3, -0.25) is 0 Å². The highest BCUT2D eigenvalue weighted by atomic mass is 16.5. The maximum Gasteiger partial charge on any atom is 0.128 e. The van der Waals surface area contributed by atoms with Gasteiger partial charge < -0.3 is 4.74 Å². The molecule has 0 amide bonds. The van der Waals surface area contributed by atoms with Gasteiger partial charge in [0, 0.05) is 11.3 Å². The average Bonchev–Trinajstić information content (AvgIpc) is 2.29. The first-order chi connectivity index (χ1) is 7.31. The van der Waals surface area contributed by atoms with Gasteiger partial charge in [0.2, 0.25) is 0 Å². The maximum atomic E-state index is 5.28. The Bertz CT molecular complexity index is 469. The second-order valence-corrected chi connectivity index (χ2v) is 3.24. The van der Waals surface area contributed by atoms with Crippen LogP contribution in [0.3, 0.4) is 0 Å². The van der Waals surface area contributed by atoms with Crippen molar-refractivity contribution >= 4 is 0 Å². The molecule has 0 saturated heterocycles. The summed E-state index contributed by atoms with van der Waals surface area (Å²) in [5, 5.41) is 0. The SMILES string of the molecule is COc1ccccc1-c1cc(C)ncn1. The van der Waals surface area contributed by atoms with E-state index >= 15 is 0 Å². The summed E-state index contributed by atoms with van der Waals surface area (Å²) in [6.45, 7) is 1.95. The fourth-order valence-corrected chi connectivity index (χ4v) is 1.46. The van der Waals surface area contributed by atoms with E-state index in [0.717, 1.165) is 22.7 Å². The molecular formula is C12H12N2O. The molecule has 1 heterocycles. The monoisotopic (exact) mass is 200 g/mol. The first kappa shape index (κ1) is 9.65. The van der Waals surface area contributed by atoms with Gasteiger partial charge in [-0.1, -0.05) is 12.1 Å². The number of aryl methyl sites for hydroxylation is 1. The van der Waals surface area contributed by atoms with Crippen LogP contribution in [0.25, 0.3) is 11.3 Å². The Balaban J connectivity index is 2.53. The topological polar surface area (TPSA) is 35.0 Å². The molecule has 0 N–H and O–H groups in total. The predicted molar refractivity (Wildman–Crippen MR) is 58.8 cm³/mol. The number of rotatable bonds is 2. The van der Waals surface area contributed by atoms with Gasteiger partial charge in [-0.2, -0.15) is 0 Å². The molecule has 2 rings (SSSR count). The smallest absolute Gasteiger partial charge is 0.128 e. The molecule has 0 aliphatic carbocycles. The minimum atomic E-state index is 0.829. The summed E-state index contributed by atoms with van der Waals surface area (Å²) in [6, 6.07) is 9.76. The Kier molecular flexibility index (Phi) is 2.63. The Morgan fingerprint density at radius 3 is 2.67 bits per heavy atom. The number of hydrogen-bond donors (Lipinski definition) is 0. The molecule has 3 nitrogen and oxygen atoms in total. The van der Waals surface area contributed by atoms with Crippen LogP contribution in [0, 0.1) is 6.92 Å². The molecule has 0 radical (unpaired) electrons. The summed E-state index contributed by atoms with van der Waals surface area (Å²) < 4.78 is 5.28. The minimum absolute atomic E-state index is 0.829. The van der Waals surface area contributed by atoms with Crippen LogP contribution < -0.4 is 4.74 Å². The summed E-state index contributed by atoms with van der Waals surface area (Å²) in [6.07, 6.45) is 1.57. The summed E-state index contributed by atoms with van der Waals surface area (Å²) in [5.74, 6) is 0.829. The van der Waals surface area contributed by atoms with E-state index in [1.54, 1.807) is 13.4 Å². The molecule has 2 aromatic rings. The number of methoxy groups -OCH3 is 1. The normalized spacial score (nSPS) is 10.0. The van der Waals surface area contributed by atoms with E-state index in [0.29, 0.717) is 0 Å². The zero-order chi connectivity index (χ0) is 10.7. The largest absolute Gasteiger partial charge is 0.496 e. The predicted octanol–water partition coefficient (Wildman–Crippen LogP) is 2.46. The first-order valence-electron chi connectivity index (χ1n) is 4.73. The summed E-state index contributed by atoms with van der Waals surface area (Å²) >= 11 is 0. The quantitative estimate of drug-likeness (QED) is 0.747. The van der Waals surface area contributed by atoms with Gasteiger partial charge in [-0.25, -0.2) is 9.97 Å². The molecule has 1 aromatic carbocycles. The van der Waals surface area contributed by atoms with Crippen molar-refractivity contribution in [2.75, 3.05) is 7.11 Å². The van der Waals surface area contributed by atoms with E-state index in [9.17, 15) is 0 Å². The van der Waals surface area contributed by atoms with Gasteiger partial charge >= 0.3 is 0 Å². The number of para-hydroxylation sites is 1. The first-order valence-corrected chi connectivity index (χ1v) is 4.73. The molecular weight excluding hydrogens is 188 g/mol. The van der Waals surface area contributed by atoms with Crippen molar-refractivity contribution in [3.8, 4) is 17.0 Å². The number of benzene rings is 1. The van der Waals surface area contributed by atoms with E-state index in [1.165, 1.54) is 0 Å². The van der Waals surface area contributed by atoms with Gasteiger partial charge in [0.1, 0.15) is 12.1 Å². The van der Waals surface area contributed by atoms with Crippen molar-refractivity contribution in [3.63, 3.8) is 0 Å². The van der Waals surface area contributed by atoms with Crippen molar-refractivity contribution in [2.24, 2.45) is 0 Å². The van der Waals surface area contributed by atoms with E-state index in [4.69, 9.17) is 4.74 Å². The van der Waals surface area contributed by atoms with E-state index < -0.39 is 0 Å². The number of ether oxygens (including phenoxy) is 1. The fourth-order valence-electron chi connectivity index (χ4n) is 1.46. The highest BCUT2D eigenvalue weighted by Crippen LogP contribution is 2.27. The second kappa shape index (κ2) is 4.09. The van der Waals surface area contributed by atoms with Crippen LogP contribution in [0.1, 0.15) is 5.69 Å². The highest BCUT2D eigenvalue weighted by Gasteiger charge is 2.05. The lowest BCUT2D eigenvalue weighted by Crippen LogP contribution is -1.91. The summed E-state index contributed by atoms with van der Waals surface area (Å²) in [7, 11) is 1.66. The van der Waals surface area contributed by atoms with Crippen LogP contribution in [0.2, 0.25) is 0 Å². The van der Waals surface area contributed by atoms with Crippen LogP contribution in [-0.4, -0.2) is 17.1 Å². The number of hydrogen-bond acceptors (Lipinski definition) is 3. The second-order valence-electron chi connectivity index (χ2n) is 3.24. The number of nitrogens with zero attached hydrogens (tertiary/aromatic N) is 2. The molecule has 1 aromatic heterocycles. The summed E-state index contributed by atoms with van der Waals surface area (Å²) in [5.41, 5.74) is 2.83. The summed E-state index contributed by atoms with van der Waals surface area (Å²) in [4.78, 5) is 8.30.